The molecular formula is C14H19N3O3S. The van der Waals surface area contributed by atoms with Crippen molar-refractivity contribution in [2.75, 3.05) is 24.2 Å². The first-order chi connectivity index (χ1) is 10.1. The van der Waals surface area contributed by atoms with Gasteiger partial charge in [-0.2, -0.15) is 11.8 Å². The zero-order chi connectivity index (χ0) is 15.2. The first-order valence-electron chi connectivity index (χ1n) is 7.04. The Morgan fingerprint density at radius 2 is 2.33 bits per heavy atom. The lowest BCUT2D eigenvalue weighted by Gasteiger charge is -2.11. The predicted octanol–water partition coefficient (Wildman–Crippen LogP) is 2.65. The number of thioether (sulfide) groups is 1. The van der Waals surface area contributed by atoms with Gasteiger partial charge in [0.2, 0.25) is 0 Å². The van der Waals surface area contributed by atoms with Crippen molar-refractivity contribution in [1.82, 2.24) is 5.32 Å². The number of amides is 1. The maximum Gasteiger partial charge on any atom is 0.293 e. The van der Waals surface area contributed by atoms with Gasteiger partial charge in [0.05, 0.1) is 4.92 Å². The van der Waals surface area contributed by atoms with Crippen molar-refractivity contribution >= 4 is 29.0 Å². The third kappa shape index (κ3) is 4.10. The van der Waals surface area contributed by atoms with Crippen LogP contribution >= 0.6 is 11.8 Å². The number of nitro benzene ring substituents is 1. The fourth-order valence-corrected chi connectivity index (χ4v) is 3.48. The Morgan fingerprint density at radius 3 is 2.95 bits per heavy atom. The van der Waals surface area contributed by atoms with E-state index in [1.807, 2.05) is 18.7 Å². The lowest BCUT2D eigenvalue weighted by Crippen LogP contribution is -2.29. The van der Waals surface area contributed by atoms with E-state index in [0.717, 1.165) is 12.2 Å². The minimum atomic E-state index is -0.471. The standard InChI is InChI=1S/C14H19N3O3S/c1-2-15-12-6-5-10(8-13(12)17(19)20)14(18)16-9-11-4-3-7-21-11/h5-6,8,11,15H,2-4,7,9H2,1H3,(H,16,18). The van der Waals surface area contributed by atoms with Crippen molar-refractivity contribution in [3.63, 3.8) is 0 Å². The molecule has 1 atom stereocenters. The molecule has 2 rings (SSSR count). The number of hydrogen-bond donors (Lipinski definition) is 2. The van der Waals surface area contributed by atoms with Gasteiger partial charge in [-0.25, -0.2) is 0 Å². The van der Waals surface area contributed by atoms with Crippen molar-refractivity contribution in [2.45, 2.75) is 25.0 Å². The van der Waals surface area contributed by atoms with E-state index in [2.05, 4.69) is 10.6 Å². The average molecular weight is 309 g/mol. The molecule has 1 aliphatic rings. The van der Waals surface area contributed by atoms with E-state index < -0.39 is 4.92 Å². The third-order valence-corrected chi connectivity index (χ3v) is 4.74. The van der Waals surface area contributed by atoms with E-state index in [0.29, 0.717) is 29.6 Å². The molecule has 0 aliphatic carbocycles. The number of hydrogen-bond acceptors (Lipinski definition) is 5. The van der Waals surface area contributed by atoms with E-state index >= 15 is 0 Å². The van der Waals surface area contributed by atoms with Crippen molar-refractivity contribution in [3.8, 4) is 0 Å². The van der Waals surface area contributed by atoms with Crippen molar-refractivity contribution in [2.24, 2.45) is 0 Å². The summed E-state index contributed by atoms with van der Waals surface area (Å²) in [6.45, 7) is 3.07. The van der Waals surface area contributed by atoms with Gasteiger partial charge < -0.3 is 10.6 Å². The molecule has 1 amide bonds. The fourth-order valence-electron chi connectivity index (χ4n) is 2.28. The monoisotopic (exact) mass is 309 g/mol. The zero-order valence-corrected chi connectivity index (χ0v) is 12.7. The maximum atomic E-state index is 12.1. The number of nitrogens with one attached hydrogen (secondary N) is 2. The SMILES string of the molecule is CCNc1ccc(C(=O)NCC2CCCS2)cc1[N+](=O)[O-]. The van der Waals surface area contributed by atoms with Gasteiger partial charge in [0, 0.05) is 30.0 Å². The lowest BCUT2D eigenvalue weighted by molar-refractivity contribution is -0.384. The molecule has 6 nitrogen and oxygen atoms in total. The van der Waals surface area contributed by atoms with Gasteiger partial charge in [-0.15, -0.1) is 0 Å². The second-order valence-electron chi connectivity index (χ2n) is 4.86. The summed E-state index contributed by atoms with van der Waals surface area (Å²) in [5.74, 6) is 0.886. The summed E-state index contributed by atoms with van der Waals surface area (Å²) in [7, 11) is 0. The number of carbonyl (C=O) groups excluding carboxylic acids is 1. The second-order valence-corrected chi connectivity index (χ2v) is 6.27. The smallest absolute Gasteiger partial charge is 0.293 e. The summed E-state index contributed by atoms with van der Waals surface area (Å²) < 4.78 is 0. The molecule has 0 saturated carbocycles. The van der Waals surface area contributed by atoms with E-state index in [9.17, 15) is 14.9 Å². The van der Waals surface area contributed by atoms with Crippen LogP contribution in [0.15, 0.2) is 18.2 Å². The summed E-state index contributed by atoms with van der Waals surface area (Å²) in [5, 5.41) is 17.3. The van der Waals surface area contributed by atoms with Gasteiger partial charge >= 0.3 is 0 Å². The number of rotatable bonds is 6. The van der Waals surface area contributed by atoms with Crippen LogP contribution in [0.3, 0.4) is 0 Å². The maximum absolute atomic E-state index is 12.1. The van der Waals surface area contributed by atoms with Crippen LogP contribution in [0.25, 0.3) is 0 Å². The number of carbonyl (C=O) groups is 1. The Bertz CT molecular complexity index is 530. The van der Waals surface area contributed by atoms with E-state index in [1.165, 1.54) is 12.5 Å². The highest BCUT2D eigenvalue weighted by Crippen LogP contribution is 2.27. The highest BCUT2D eigenvalue weighted by molar-refractivity contribution is 8.00. The van der Waals surface area contributed by atoms with Crippen LogP contribution in [0.1, 0.15) is 30.1 Å². The first-order valence-corrected chi connectivity index (χ1v) is 8.08. The number of nitro groups is 1. The summed E-state index contributed by atoms with van der Waals surface area (Å²) in [6, 6.07) is 4.53. The molecule has 1 fully saturated rings. The highest BCUT2D eigenvalue weighted by atomic mass is 32.2. The van der Waals surface area contributed by atoms with Gasteiger partial charge in [0.15, 0.2) is 0 Å². The average Bonchev–Trinajstić information content (AvgIpc) is 2.98. The first kappa shape index (κ1) is 15.6. The predicted molar refractivity (Wildman–Crippen MR) is 85.1 cm³/mol. The topological polar surface area (TPSA) is 84.3 Å². The molecule has 7 heteroatoms. The molecular weight excluding hydrogens is 290 g/mol. The molecule has 1 aliphatic heterocycles. The molecule has 0 bridgehead atoms. The van der Waals surface area contributed by atoms with Crippen LogP contribution in [-0.2, 0) is 0 Å². The highest BCUT2D eigenvalue weighted by Gasteiger charge is 2.19. The molecule has 2 N–H and O–H groups in total. The van der Waals surface area contributed by atoms with Crippen LogP contribution < -0.4 is 10.6 Å². The van der Waals surface area contributed by atoms with E-state index in [4.69, 9.17) is 0 Å². The van der Waals surface area contributed by atoms with Gasteiger partial charge in [-0.1, -0.05) is 0 Å². The normalized spacial score (nSPS) is 17.5. The van der Waals surface area contributed by atoms with Gasteiger partial charge in [-0.05, 0) is 37.7 Å². The molecule has 1 unspecified atom stereocenters. The Hall–Kier alpha value is -1.76. The quantitative estimate of drug-likeness (QED) is 0.623. The third-order valence-electron chi connectivity index (χ3n) is 3.34. The van der Waals surface area contributed by atoms with Crippen molar-refractivity contribution in [3.05, 3.63) is 33.9 Å². The van der Waals surface area contributed by atoms with Gasteiger partial charge in [0.1, 0.15) is 5.69 Å². The van der Waals surface area contributed by atoms with Crippen molar-refractivity contribution < 1.29 is 9.72 Å². The van der Waals surface area contributed by atoms with E-state index in [1.54, 1.807) is 12.1 Å². The molecule has 114 valence electrons. The molecule has 1 aromatic carbocycles. The molecule has 1 saturated heterocycles. The summed E-state index contributed by atoms with van der Waals surface area (Å²) in [5.41, 5.74) is 0.691. The van der Waals surface area contributed by atoms with Gasteiger partial charge in [-0.3, -0.25) is 14.9 Å². The molecule has 0 aromatic heterocycles. The Morgan fingerprint density at radius 1 is 1.52 bits per heavy atom. The summed E-state index contributed by atoms with van der Waals surface area (Å²) in [4.78, 5) is 22.7. The van der Waals surface area contributed by atoms with E-state index in [-0.39, 0.29) is 11.6 Å². The van der Waals surface area contributed by atoms with Crippen LogP contribution in [0.4, 0.5) is 11.4 Å². The number of nitrogens with zero attached hydrogens (tertiary/aromatic N) is 1. The van der Waals surface area contributed by atoms with Crippen LogP contribution in [0.5, 0.6) is 0 Å². The number of anilines is 1. The van der Waals surface area contributed by atoms with Crippen molar-refractivity contribution in [1.29, 1.82) is 0 Å². The van der Waals surface area contributed by atoms with Crippen LogP contribution in [0.2, 0.25) is 0 Å². The molecule has 0 spiro atoms. The Balaban J connectivity index is 2.06. The minimum absolute atomic E-state index is 0.0697. The number of benzene rings is 1. The van der Waals surface area contributed by atoms with Crippen LogP contribution in [-0.4, -0.2) is 34.9 Å². The van der Waals surface area contributed by atoms with Crippen LogP contribution in [0, 0.1) is 10.1 Å². The Kier molecular flexibility index (Phi) is 5.44. The second kappa shape index (κ2) is 7.31. The molecule has 1 aromatic rings. The molecule has 1 heterocycles. The zero-order valence-electron chi connectivity index (χ0n) is 11.9. The van der Waals surface area contributed by atoms with Gasteiger partial charge in [0.25, 0.3) is 11.6 Å². The molecule has 21 heavy (non-hydrogen) atoms. The molecule has 0 radical (unpaired) electrons. The summed E-state index contributed by atoms with van der Waals surface area (Å²) >= 11 is 1.86. The summed E-state index contributed by atoms with van der Waals surface area (Å²) in [6.07, 6.45) is 2.30. The Labute approximate surface area is 127 Å². The largest absolute Gasteiger partial charge is 0.380 e. The minimum Gasteiger partial charge on any atom is -0.380 e. The lowest BCUT2D eigenvalue weighted by atomic mass is 10.1. The fraction of sp³-hybridized carbons (Fsp3) is 0.500.